The first-order valence-electron chi connectivity index (χ1n) is 6.29. The smallest absolute Gasteiger partial charge is 0.239 e. The molecule has 0 spiro atoms. The number of carbonyl (C=O) groups excluding carboxylic acids is 1. The number of primary amides is 1. The van der Waals surface area contributed by atoms with E-state index in [9.17, 15) is 4.79 Å². The number of amides is 1. The molecule has 0 fully saturated rings. The average molecular weight is 274 g/mol. The lowest BCUT2D eigenvalue weighted by molar-refractivity contribution is -0.118. The lowest BCUT2D eigenvalue weighted by Crippen LogP contribution is -2.18. The molecule has 0 aliphatic heterocycles. The number of carbonyl (C=O) groups is 1. The normalized spacial score (nSPS) is 11.9. The van der Waals surface area contributed by atoms with Crippen LogP contribution >= 0.6 is 0 Å². The van der Waals surface area contributed by atoms with Gasteiger partial charge in [0.2, 0.25) is 5.91 Å². The molecular weight excluding hydrogens is 256 g/mol. The quantitative estimate of drug-likeness (QED) is 0.837. The summed E-state index contributed by atoms with van der Waals surface area (Å²) in [7, 11) is 1.64. The largest absolute Gasteiger partial charge is 0.497 e. The molecule has 1 heterocycles. The second-order valence-corrected chi connectivity index (χ2v) is 4.54. The van der Waals surface area contributed by atoms with Crippen LogP contribution in [-0.2, 0) is 11.3 Å². The monoisotopic (exact) mass is 274 g/mol. The van der Waals surface area contributed by atoms with Gasteiger partial charge in [0, 0.05) is 12.2 Å². The summed E-state index contributed by atoms with van der Waals surface area (Å²) in [6.45, 7) is 2.12. The molecule has 106 valence electrons. The van der Waals surface area contributed by atoms with Gasteiger partial charge in [-0.3, -0.25) is 9.48 Å². The minimum absolute atomic E-state index is 0.0786. The van der Waals surface area contributed by atoms with Crippen LogP contribution in [0.25, 0.3) is 0 Å². The standard InChI is InChI=1S/C14H18N4O2/c1-10(11-4-3-5-13(6-11)20-2)17-12-7-16-18(8-12)9-14(15)19/h3-8,10,17H,9H2,1-2H3,(H2,15,19). The highest BCUT2D eigenvalue weighted by atomic mass is 16.5. The van der Waals surface area contributed by atoms with Crippen molar-refractivity contribution in [2.45, 2.75) is 19.5 Å². The number of methoxy groups -OCH3 is 1. The highest BCUT2D eigenvalue weighted by molar-refractivity contribution is 5.73. The SMILES string of the molecule is COc1cccc(C(C)Nc2cnn(CC(N)=O)c2)c1. The number of hydrogen-bond acceptors (Lipinski definition) is 4. The van der Waals surface area contributed by atoms with Crippen LogP contribution < -0.4 is 15.8 Å². The number of hydrogen-bond donors (Lipinski definition) is 2. The molecule has 1 aromatic carbocycles. The highest BCUT2D eigenvalue weighted by Crippen LogP contribution is 2.22. The molecule has 0 saturated carbocycles. The summed E-state index contributed by atoms with van der Waals surface area (Å²) >= 11 is 0. The molecule has 6 nitrogen and oxygen atoms in total. The van der Waals surface area contributed by atoms with Crippen molar-refractivity contribution in [1.29, 1.82) is 0 Å². The number of nitrogens with zero attached hydrogens (tertiary/aromatic N) is 2. The molecule has 6 heteroatoms. The van der Waals surface area contributed by atoms with Gasteiger partial charge in [-0.05, 0) is 24.6 Å². The van der Waals surface area contributed by atoms with Gasteiger partial charge in [-0.15, -0.1) is 0 Å². The lowest BCUT2D eigenvalue weighted by atomic mass is 10.1. The maximum atomic E-state index is 10.8. The Labute approximate surface area is 117 Å². The molecule has 1 amide bonds. The Morgan fingerprint density at radius 1 is 1.55 bits per heavy atom. The fraction of sp³-hybridized carbons (Fsp3) is 0.286. The van der Waals surface area contributed by atoms with Crippen molar-refractivity contribution >= 4 is 11.6 Å². The molecule has 0 saturated heterocycles. The first-order chi connectivity index (χ1) is 9.58. The van der Waals surface area contributed by atoms with Crippen molar-refractivity contribution in [2.24, 2.45) is 5.73 Å². The number of ether oxygens (including phenoxy) is 1. The van der Waals surface area contributed by atoms with Crippen LogP contribution in [0.4, 0.5) is 5.69 Å². The molecule has 20 heavy (non-hydrogen) atoms. The third-order valence-corrected chi connectivity index (χ3v) is 2.93. The summed E-state index contributed by atoms with van der Waals surface area (Å²) in [5.41, 5.74) is 7.06. The highest BCUT2D eigenvalue weighted by Gasteiger charge is 2.08. The van der Waals surface area contributed by atoms with Gasteiger partial charge in [-0.1, -0.05) is 12.1 Å². The predicted octanol–water partition coefficient (Wildman–Crippen LogP) is 1.55. The number of nitrogens with two attached hydrogens (primary N) is 1. The van der Waals surface area contributed by atoms with Crippen molar-refractivity contribution < 1.29 is 9.53 Å². The summed E-state index contributed by atoms with van der Waals surface area (Å²) in [6, 6.07) is 7.94. The predicted molar refractivity (Wildman–Crippen MR) is 76.5 cm³/mol. The summed E-state index contributed by atoms with van der Waals surface area (Å²) in [4.78, 5) is 10.8. The number of aromatic nitrogens is 2. The third-order valence-electron chi connectivity index (χ3n) is 2.93. The Balaban J connectivity index is 2.04. The second kappa shape index (κ2) is 6.10. The molecule has 2 aromatic rings. The van der Waals surface area contributed by atoms with Gasteiger partial charge in [-0.25, -0.2) is 0 Å². The van der Waals surface area contributed by atoms with Gasteiger partial charge in [0.05, 0.1) is 19.0 Å². The van der Waals surface area contributed by atoms with E-state index in [1.54, 1.807) is 19.5 Å². The first-order valence-corrected chi connectivity index (χ1v) is 6.29. The van der Waals surface area contributed by atoms with Gasteiger partial charge in [-0.2, -0.15) is 5.10 Å². The molecular formula is C14H18N4O2. The van der Waals surface area contributed by atoms with Gasteiger partial charge in [0.1, 0.15) is 12.3 Å². The maximum absolute atomic E-state index is 10.8. The average Bonchev–Trinajstić information content (AvgIpc) is 2.85. The van der Waals surface area contributed by atoms with Crippen LogP contribution in [0.3, 0.4) is 0 Å². The van der Waals surface area contributed by atoms with Crippen LogP contribution in [0, 0.1) is 0 Å². The molecule has 0 aliphatic rings. The van der Waals surface area contributed by atoms with E-state index in [0.717, 1.165) is 17.0 Å². The minimum Gasteiger partial charge on any atom is -0.497 e. The van der Waals surface area contributed by atoms with E-state index >= 15 is 0 Å². The van der Waals surface area contributed by atoms with Crippen molar-refractivity contribution in [3.05, 3.63) is 42.2 Å². The van der Waals surface area contributed by atoms with Crippen LogP contribution in [-0.4, -0.2) is 22.8 Å². The molecule has 1 atom stereocenters. The van der Waals surface area contributed by atoms with E-state index in [-0.39, 0.29) is 12.6 Å². The number of anilines is 1. The van der Waals surface area contributed by atoms with Crippen molar-refractivity contribution in [2.75, 3.05) is 12.4 Å². The Hall–Kier alpha value is -2.50. The van der Waals surface area contributed by atoms with Crippen molar-refractivity contribution in [3.63, 3.8) is 0 Å². The minimum atomic E-state index is -0.416. The van der Waals surface area contributed by atoms with Gasteiger partial charge >= 0.3 is 0 Å². The number of rotatable bonds is 6. The molecule has 0 bridgehead atoms. The summed E-state index contributed by atoms with van der Waals surface area (Å²) < 4.78 is 6.71. The Morgan fingerprint density at radius 3 is 3.05 bits per heavy atom. The molecule has 2 rings (SSSR count). The summed E-state index contributed by atoms with van der Waals surface area (Å²) in [5.74, 6) is 0.404. The molecule has 0 radical (unpaired) electrons. The van der Waals surface area contributed by atoms with Crippen molar-refractivity contribution in [3.8, 4) is 5.75 Å². The molecule has 1 unspecified atom stereocenters. The van der Waals surface area contributed by atoms with Crippen LogP contribution in [0.2, 0.25) is 0 Å². The third kappa shape index (κ3) is 3.50. The van der Waals surface area contributed by atoms with Crippen LogP contribution in [0.5, 0.6) is 5.75 Å². The van der Waals surface area contributed by atoms with Gasteiger partial charge in [0.15, 0.2) is 0 Å². The number of benzene rings is 1. The van der Waals surface area contributed by atoms with Crippen LogP contribution in [0.1, 0.15) is 18.5 Å². The van der Waals surface area contributed by atoms with Crippen LogP contribution in [0.15, 0.2) is 36.7 Å². The van der Waals surface area contributed by atoms with E-state index < -0.39 is 5.91 Å². The zero-order valence-electron chi connectivity index (χ0n) is 11.5. The topological polar surface area (TPSA) is 82.2 Å². The van der Waals surface area contributed by atoms with E-state index in [1.807, 2.05) is 31.2 Å². The first kappa shape index (κ1) is 13.9. The van der Waals surface area contributed by atoms with E-state index in [4.69, 9.17) is 10.5 Å². The lowest BCUT2D eigenvalue weighted by Gasteiger charge is -2.14. The zero-order chi connectivity index (χ0) is 14.5. The van der Waals surface area contributed by atoms with E-state index in [2.05, 4.69) is 10.4 Å². The number of nitrogens with one attached hydrogen (secondary N) is 1. The Morgan fingerprint density at radius 2 is 2.35 bits per heavy atom. The Kier molecular flexibility index (Phi) is 4.24. The molecule has 3 N–H and O–H groups in total. The molecule has 1 aromatic heterocycles. The summed E-state index contributed by atoms with van der Waals surface area (Å²) in [6.07, 6.45) is 3.42. The van der Waals surface area contributed by atoms with E-state index in [1.165, 1.54) is 4.68 Å². The fourth-order valence-corrected chi connectivity index (χ4v) is 1.93. The van der Waals surface area contributed by atoms with Gasteiger partial charge < -0.3 is 15.8 Å². The Bertz CT molecular complexity index is 594. The second-order valence-electron chi connectivity index (χ2n) is 4.54. The molecule has 0 aliphatic carbocycles. The van der Waals surface area contributed by atoms with E-state index in [0.29, 0.717) is 0 Å². The van der Waals surface area contributed by atoms with Gasteiger partial charge in [0.25, 0.3) is 0 Å². The maximum Gasteiger partial charge on any atom is 0.239 e. The fourth-order valence-electron chi connectivity index (χ4n) is 1.93. The summed E-state index contributed by atoms with van der Waals surface area (Å²) in [5, 5.41) is 7.38. The zero-order valence-corrected chi connectivity index (χ0v) is 11.5. The van der Waals surface area contributed by atoms with Crippen molar-refractivity contribution in [1.82, 2.24) is 9.78 Å².